The number of rotatable bonds is 4. The largest absolute Gasteiger partial charge is 0.333 e. The zero-order valence-electron chi connectivity index (χ0n) is 13.6. The van der Waals surface area contributed by atoms with Crippen molar-refractivity contribution in [2.24, 2.45) is 0 Å². The highest BCUT2D eigenvalue weighted by molar-refractivity contribution is 6.27. The van der Waals surface area contributed by atoms with Crippen LogP contribution in [0, 0.1) is 24.4 Å². The highest BCUT2D eigenvalue weighted by atomic mass is 35.5. The first-order valence-corrected chi connectivity index (χ1v) is 8.44. The molecule has 25 heavy (non-hydrogen) atoms. The predicted octanol–water partition coefficient (Wildman–Crippen LogP) is 3.19. The smallest absolute Gasteiger partial charge is 0.238 e. The Morgan fingerprint density at radius 3 is 2.80 bits per heavy atom. The molecule has 1 unspecified atom stereocenters. The standard InChI is InChI=1S/C17H17ClF3N3O/c1-10-7-23-8-11(2-5-15(23)22-10)24(16(25)6-18)9-12-13(19)3-4-14(20)17(12)21/h3-4,7,11H,2,5-6,8-9H2,1H3. The summed E-state index contributed by atoms with van der Waals surface area (Å²) in [5.41, 5.74) is 0.402. The average Bonchev–Trinajstić information content (AvgIpc) is 2.97. The van der Waals surface area contributed by atoms with Crippen molar-refractivity contribution in [2.45, 2.75) is 38.9 Å². The van der Waals surface area contributed by atoms with E-state index in [-0.39, 0.29) is 18.5 Å². The number of benzene rings is 1. The van der Waals surface area contributed by atoms with Crippen molar-refractivity contribution in [1.82, 2.24) is 14.5 Å². The van der Waals surface area contributed by atoms with Crippen LogP contribution in [0.15, 0.2) is 18.3 Å². The molecule has 0 radical (unpaired) electrons. The van der Waals surface area contributed by atoms with Gasteiger partial charge in [0.15, 0.2) is 11.6 Å². The molecule has 3 rings (SSSR count). The fourth-order valence-corrected chi connectivity index (χ4v) is 3.36. The number of fused-ring (bicyclic) bond motifs is 1. The van der Waals surface area contributed by atoms with Gasteiger partial charge in [-0.15, -0.1) is 11.6 Å². The first kappa shape index (κ1) is 17.8. The Hall–Kier alpha value is -2.02. The van der Waals surface area contributed by atoms with Gasteiger partial charge < -0.3 is 9.47 Å². The van der Waals surface area contributed by atoms with Crippen molar-refractivity contribution in [3.05, 3.63) is 52.9 Å². The van der Waals surface area contributed by atoms with Crippen LogP contribution in [-0.4, -0.2) is 32.3 Å². The van der Waals surface area contributed by atoms with Gasteiger partial charge in [-0.1, -0.05) is 0 Å². The van der Waals surface area contributed by atoms with E-state index in [2.05, 4.69) is 4.98 Å². The maximum absolute atomic E-state index is 14.0. The summed E-state index contributed by atoms with van der Waals surface area (Å²) in [6.45, 7) is 1.96. The Kier molecular flexibility index (Phi) is 5.03. The van der Waals surface area contributed by atoms with Gasteiger partial charge in [-0.05, 0) is 25.5 Å². The summed E-state index contributed by atoms with van der Waals surface area (Å²) >= 11 is 5.68. The number of imidazole rings is 1. The molecule has 0 saturated heterocycles. The summed E-state index contributed by atoms with van der Waals surface area (Å²) in [4.78, 5) is 18.0. The van der Waals surface area contributed by atoms with E-state index in [0.29, 0.717) is 19.4 Å². The fourth-order valence-electron chi connectivity index (χ4n) is 3.20. The van der Waals surface area contributed by atoms with E-state index in [1.165, 1.54) is 4.90 Å². The van der Waals surface area contributed by atoms with Crippen LogP contribution < -0.4 is 0 Å². The minimum absolute atomic E-state index is 0.297. The van der Waals surface area contributed by atoms with Crippen molar-refractivity contribution in [2.75, 3.05) is 5.88 Å². The first-order valence-electron chi connectivity index (χ1n) is 7.91. The minimum Gasteiger partial charge on any atom is -0.333 e. The molecule has 4 nitrogen and oxygen atoms in total. The monoisotopic (exact) mass is 371 g/mol. The van der Waals surface area contributed by atoms with Crippen LogP contribution in [0.25, 0.3) is 0 Å². The van der Waals surface area contributed by atoms with Crippen LogP contribution in [0.5, 0.6) is 0 Å². The van der Waals surface area contributed by atoms with Crippen molar-refractivity contribution in [1.29, 1.82) is 0 Å². The van der Waals surface area contributed by atoms with E-state index in [0.717, 1.165) is 23.7 Å². The van der Waals surface area contributed by atoms with Crippen molar-refractivity contribution >= 4 is 17.5 Å². The molecule has 0 N–H and O–H groups in total. The fraction of sp³-hybridized carbons (Fsp3) is 0.412. The molecule has 1 aliphatic rings. The summed E-state index contributed by atoms with van der Waals surface area (Å²) < 4.78 is 43.4. The molecule has 134 valence electrons. The molecule has 1 aliphatic heterocycles. The third-order valence-corrected chi connectivity index (χ3v) is 4.66. The third-order valence-electron chi connectivity index (χ3n) is 4.43. The topological polar surface area (TPSA) is 38.1 Å². The molecule has 1 atom stereocenters. The number of alkyl halides is 1. The van der Waals surface area contributed by atoms with Crippen molar-refractivity contribution in [3.63, 3.8) is 0 Å². The van der Waals surface area contributed by atoms with E-state index in [9.17, 15) is 18.0 Å². The van der Waals surface area contributed by atoms with Crippen molar-refractivity contribution in [3.8, 4) is 0 Å². The SMILES string of the molecule is Cc1cn2c(n1)CCC(N(Cc1c(F)ccc(F)c1F)C(=O)CCl)C2. The van der Waals surface area contributed by atoms with Crippen LogP contribution in [0.3, 0.4) is 0 Å². The van der Waals surface area contributed by atoms with Gasteiger partial charge in [0.05, 0.1) is 18.3 Å². The van der Waals surface area contributed by atoms with Gasteiger partial charge in [0.2, 0.25) is 5.91 Å². The van der Waals surface area contributed by atoms with Crippen molar-refractivity contribution < 1.29 is 18.0 Å². The first-order chi connectivity index (χ1) is 11.9. The maximum atomic E-state index is 14.0. The number of hydrogen-bond donors (Lipinski definition) is 0. The van der Waals surface area contributed by atoms with Gasteiger partial charge in [0, 0.05) is 24.7 Å². The number of hydrogen-bond acceptors (Lipinski definition) is 2. The zero-order valence-corrected chi connectivity index (χ0v) is 14.4. The molecule has 2 aromatic rings. The van der Waals surface area contributed by atoms with E-state index >= 15 is 0 Å². The number of amides is 1. The number of carbonyl (C=O) groups excluding carboxylic acids is 1. The highest BCUT2D eigenvalue weighted by Crippen LogP contribution is 2.24. The minimum atomic E-state index is -1.28. The molecule has 0 bridgehead atoms. The molecule has 0 fully saturated rings. The quantitative estimate of drug-likeness (QED) is 0.611. The number of aromatic nitrogens is 2. The third kappa shape index (κ3) is 3.51. The Bertz CT molecular complexity index is 809. The predicted molar refractivity (Wildman–Crippen MR) is 86.7 cm³/mol. The van der Waals surface area contributed by atoms with Crippen LogP contribution in [-0.2, 0) is 24.3 Å². The number of carbonyl (C=O) groups is 1. The molecule has 0 saturated carbocycles. The summed E-state index contributed by atoms with van der Waals surface area (Å²) in [5.74, 6) is -3.16. The highest BCUT2D eigenvalue weighted by Gasteiger charge is 2.30. The van der Waals surface area contributed by atoms with Gasteiger partial charge in [-0.25, -0.2) is 18.2 Å². The van der Waals surface area contributed by atoms with E-state index in [1.54, 1.807) is 0 Å². The molecule has 0 spiro atoms. The normalized spacial score (nSPS) is 16.6. The average molecular weight is 372 g/mol. The number of halogens is 4. The number of aryl methyl sites for hydroxylation is 2. The summed E-state index contributed by atoms with van der Waals surface area (Å²) in [6.07, 6.45) is 3.10. The lowest BCUT2D eigenvalue weighted by molar-refractivity contribution is -0.132. The van der Waals surface area contributed by atoms with E-state index in [4.69, 9.17) is 11.6 Å². The van der Waals surface area contributed by atoms with Gasteiger partial charge in [0.25, 0.3) is 0 Å². The van der Waals surface area contributed by atoms with Gasteiger partial charge in [-0.3, -0.25) is 4.79 Å². The molecular formula is C17H17ClF3N3O. The van der Waals surface area contributed by atoms with Gasteiger partial charge in [0.1, 0.15) is 17.5 Å². The lowest BCUT2D eigenvalue weighted by atomic mass is 10.0. The molecule has 1 amide bonds. The second kappa shape index (κ2) is 7.07. The maximum Gasteiger partial charge on any atom is 0.238 e. The Balaban J connectivity index is 1.89. The molecule has 2 heterocycles. The summed E-state index contributed by atoms with van der Waals surface area (Å²) in [7, 11) is 0. The van der Waals surface area contributed by atoms with Crippen LogP contribution in [0.1, 0.15) is 23.5 Å². The lowest BCUT2D eigenvalue weighted by Crippen LogP contribution is -2.45. The number of nitrogens with zero attached hydrogens (tertiary/aromatic N) is 3. The molecule has 1 aromatic carbocycles. The Morgan fingerprint density at radius 1 is 1.36 bits per heavy atom. The molecule has 0 aliphatic carbocycles. The second-order valence-electron chi connectivity index (χ2n) is 6.12. The van der Waals surface area contributed by atoms with E-state index < -0.39 is 28.9 Å². The zero-order chi connectivity index (χ0) is 18.1. The summed E-state index contributed by atoms with van der Waals surface area (Å²) in [6, 6.07) is 1.28. The van der Waals surface area contributed by atoms with Gasteiger partial charge >= 0.3 is 0 Å². The molecular weight excluding hydrogens is 355 g/mol. The molecule has 1 aromatic heterocycles. The summed E-state index contributed by atoms with van der Waals surface area (Å²) in [5, 5.41) is 0. The van der Waals surface area contributed by atoms with Crippen LogP contribution >= 0.6 is 11.6 Å². The van der Waals surface area contributed by atoms with E-state index in [1.807, 2.05) is 17.7 Å². The lowest BCUT2D eigenvalue weighted by Gasteiger charge is -2.35. The molecule has 8 heteroatoms. The van der Waals surface area contributed by atoms with Gasteiger partial charge in [-0.2, -0.15) is 0 Å². The Morgan fingerprint density at radius 2 is 2.08 bits per heavy atom. The second-order valence-corrected chi connectivity index (χ2v) is 6.39. The van der Waals surface area contributed by atoms with Crippen LogP contribution in [0.4, 0.5) is 13.2 Å². The van der Waals surface area contributed by atoms with Crippen LogP contribution in [0.2, 0.25) is 0 Å². The Labute approximate surface area is 148 Å².